The van der Waals surface area contributed by atoms with Crippen molar-refractivity contribution in [1.82, 2.24) is 15.5 Å². The summed E-state index contributed by atoms with van der Waals surface area (Å²) < 4.78 is 0. The summed E-state index contributed by atoms with van der Waals surface area (Å²) in [5, 5.41) is 7.39. The van der Waals surface area contributed by atoms with Gasteiger partial charge in [-0.1, -0.05) is 59.6 Å². The fraction of sp³-hybridized carbons (Fsp3) is 0.462. The molecule has 3 heterocycles. The second kappa shape index (κ2) is 9.28. The molecule has 4 fully saturated rings. The van der Waals surface area contributed by atoms with Crippen LogP contribution in [0.5, 0.6) is 0 Å². The monoisotopic (exact) mass is 485 g/mol. The molecule has 2 aromatic rings. The number of hydrogen-bond acceptors (Lipinski definition) is 3. The molecule has 3 saturated heterocycles. The average molecular weight is 486 g/mol. The van der Waals surface area contributed by atoms with Gasteiger partial charge in [-0.3, -0.25) is 9.59 Å². The lowest BCUT2D eigenvalue weighted by molar-refractivity contribution is -0.131. The Morgan fingerprint density at radius 2 is 1.79 bits per heavy atom. The van der Waals surface area contributed by atoms with E-state index in [1.807, 2.05) is 36.4 Å². The van der Waals surface area contributed by atoms with Crippen molar-refractivity contribution in [2.45, 2.75) is 49.6 Å². The van der Waals surface area contributed by atoms with Crippen LogP contribution in [0.3, 0.4) is 0 Å². The van der Waals surface area contributed by atoms with Gasteiger partial charge in [0.2, 0.25) is 11.8 Å². The summed E-state index contributed by atoms with van der Waals surface area (Å²) in [7, 11) is 0. The number of fused-ring (bicyclic) bond motifs is 3. The molecule has 2 amide bonds. The second-order valence-electron chi connectivity index (χ2n) is 9.68. The van der Waals surface area contributed by atoms with E-state index in [9.17, 15) is 9.59 Å². The van der Waals surface area contributed by atoms with Crippen molar-refractivity contribution in [3.8, 4) is 0 Å². The van der Waals surface area contributed by atoms with E-state index in [4.69, 9.17) is 23.2 Å². The first kappa shape index (κ1) is 22.7. The third-order valence-electron chi connectivity index (χ3n) is 7.52. The fourth-order valence-electron chi connectivity index (χ4n) is 5.39. The van der Waals surface area contributed by atoms with E-state index in [2.05, 4.69) is 15.5 Å². The lowest BCUT2D eigenvalue weighted by Crippen LogP contribution is -2.60. The summed E-state index contributed by atoms with van der Waals surface area (Å²) in [6.07, 6.45) is 4.11. The van der Waals surface area contributed by atoms with E-state index in [1.54, 1.807) is 12.1 Å². The zero-order chi connectivity index (χ0) is 23.0. The van der Waals surface area contributed by atoms with Crippen molar-refractivity contribution in [2.75, 3.05) is 19.6 Å². The van der Waals surface area contributed by atoms with Crippen molar-refractivity contribution in [2.24, 2.45) is 5.92 Å². The Balaban J connectivity index is 1.34. The number of amides is 2. The number of carbonyl (C=O) groups is 2. The van der Waals surface area contributed by atoms with Gasteiger partial charge >= 0.3 is 0 Å². The largest absolute Gasteiger partial charge is 0.350 e. The van der Waals surface area contributed by atoms with Gasteiger partial charge < -0.3 is 15.5 Å². The maximum atomic E-state index is 13.5. The maximum Gasteiger partial charge on any atom is 0.243 e. The molecular weight excluding hydrogens is 457 g/mol. The van der Waals surface area contributed by atoms with Crippen molar-refractivity contribution in [1.29, 1.82) is 0 Å². The van der Waals surface area contributed by atoms with Crippen LogP contribution in [0, 0.1) is 5.92 Å². The smallest absolute Gasteiger partial charge is 0.243 e. The topological polar surface area (TPSA) is 61.4 Å². The van der Waals surface area contributed by atoms with Gasteiger partial charge in [0.05, 0.1) is 5.41 Å². The minimum Gasteiger partial charge on any atom is -0.350 e. The van der Waals surface area contributed by atoms with Gasteiger partial charge in [-0.2, -0.15) is 0 Å². The number of halogens is 2. The van der Waals surface area contributed by atoms with E-state index in [0.717, 1.165) is 43.6 Å². The quantitative estimate of drug-likeness (QED) is 0.623. The number of nitrogens with zero attached hydrogens (tertiary/aromatic N) is 1. The second-order valence-corrected chi connectivity index (χ2v) is 10.5. The average Bonchev–Trinajstić information content (AvgIpc) is 3.62. The molecule has 33 heavy (non-hydrogen) atoms. The van der Waals surface area contributed by atoms with Crippen molar-refractivity contribution >= 4 is 35.0 Å². The first-order chi connectivity index (χ1) is 15.9. The summed E-state index contributed by atoms with van der Waals surface area (Å²) in [5.41, 5.74) is 1.11. The predicted molar refractivity (Wildman–Crippen MR) is 131 cm³/mol. The lowest BCUT2D eigenvalue weighted by atomic mass is 9.84. The van der Waals surface area contributed by atoms with Crippen LogP contribution in [0.1, 0.15) is 36.8 Å². The normalized spacial score (nSPS) is 25.8. The molecule has 2 aromatic carbocycles. The number of nitrogens with one attached hydrogen (secondary N) is 2. The summed E-state index contributed by atoms with van der Waals surface area (Å²) in [4.78, 5) is 29.3. The van der Waals surface area contributed by atoms with Crippen LogP contribution < -0.4 is 10.6 Å². The summed E-state index contributed by atoms with van der Waals surface area (Å²) >= 11 is 12.5. The Labute approximate surface area is 204 Å². The first-order valence-corrected chi connectivity index (χ1v) is 12.5. The Kier molecular flexibility index (Phi) is 6.39. The highest BCUT2D eigenvalue weighted by atomic mass is 35.5. The fourth-order valence-corrected chi connectivity index (χ4v) is 5.98. The van der Waals surface area contributed by atoms with Gasteiger partial charge in [0, 0.05) is 29.1 Å². The molecule has 2 atom stereocenters. The molecule has 0 spiro atoms. The Bertz CT molecular complexity index is 1030. The zero-order valence-corrected chi connectivity index (χ0v) is 20.0. The van der Waals surface area contributed by atoms with E-state index in [-0.39, 0.29) is 17.9 Å². The van der Waals surface area contributed by atoms with Crippen molar-refractivity contribution in [3.05, 3.63) is 69.7 Å². The zero-order valence-electron chi connectivity index (χ0n) is 18.5. The molecule has 174 valence electrons. The molecule has 0 aromatic heterocycles. The SMILES string of the molecule is O=C(N[C@H]1CN2CCC1CC2)[C@H](Cc1ccccc1)NC(=O)C1(c2ccc(Cl)cc2Cl)CC1. The van der Waals surface area contributed by atoms with Crippen LogP contribution in [-0.2, 0) is 21.4 Å². The summed E-state index contributed by atoms with van der Waals surface area (Å²) in [6.45, 7) is 3.13. The highest BCUT2D eigenvalue weighted by Gasteiger charge is 2.53. The van der Waals surface area contributed by atoms with Crippen molar-refractivity contribution < 1.29 is 9.59 Å². The van der Waals surface area contributed by atoms with Gasteiger partial charge in [-0.05, 0) is 68.0 Å². The van der Waals surface area contributed by atoms with Gasteiger partial charge in [-0.15, -0.1) is 0 Å². The third kappa shape index (κ3) is 4.77. The van der Waals surface area contributed by atoms with Gasteiger partial charge in [-0.25, -0.2) is 0 Å². The Morgan fingerprint density at radius 1 is 1.06 bits per heavy atom. The minimum absolute atomic E-state index is 0.107. The standard InChI is InChI=1S/C26H29Cl2N3O2/c27-19-6-7-20(21(28)15-19)26(10-11-26)25(33)30-22(14-17-4-2-1-3-5-17)24(32)29-23-16-31-12-8-18(23)9-13-31/h1-7,15,18,22-23H,8-14,16H2,(H,29,32)(H,30,33)/t22-,23-/m0/s1. The summed E-state index contributed by atoms with van der Waals surface area (Å²) in [6, 6.07) is 14.6. The maximum absolute atomic E-state index is 13.5. The Morgan fingerprint density at radius 3 is 2.39 bits per heavy atom. The molecule has 4 aliphatic rings. The summed E-state index contributed by atoms with van der Waals surface area (Å²) in [5.74, 6) is 0.273. The number of carbonyl (C=O) groups excluding carboxylic acids is 2. The lowest BCUT2D eigenvalue weighted by Gasteiger charge is -2.45. The number of benzene rings is 2. The van der Waals surface area contributed by atoms with E-state index >= 15 is 0 Å². The van der Waals surface area contributed by atoms with E-state index < -0.39 is 11.5 Å². The van der Waals surface area contributed by atoms with Crippen LogP contribution in [0.25, 0.3) is 0 Å². The number of hydrogen-bond donors (Lipinski definition) is 2. The van der Waals surface area contributed by atoms with Crippen LogP contribution in [0.2, 0.25) is 10.0 Å². The van der Waals surface area contributed by atoms with E-state index in [1.165, 1.54) is 0 Å². The molecule has 0 radical (unpaired) electrons. The van der Waals surface area contributed by atoms with Gasteiger partial charge in [0.25, 0.3) is 0 Å². The molecule has 0 unspecified atom stereocenters. The minimum atomic E-state index is -0.688. The number of rotatable bonds is 7. The molecule has 2 bridgehead atoms. The van der Waals surface area contributed by atoms with E-state index in [0.29, 0.717) is 35.2 Å². The van der Waals surface area contributed by atoms with Crippen LogP contribution in [0.15, 0.2) is 48.5 Å². The molecule has 1 saturated carbocycles. The molecule has 5 nitrogen and oxygen atoms in total. The van der Waals surface area contributed by atoms with Crippen LogP contribution >= 0.6 is 23.2 Å². The first-order valence-electron chi connectivity index (χ1n) is 11.8. The predicted octanol–water partition coefficient (Wildman–Crippen LogP) is 3.96. The molecular formula is C26H29Cl2N3O2. The molecule has 3 aliphatic heterocycles. The highest BCUT2D eigenvalue weighted by Crippen LogP contribution is 2.51. The van der Waals surface area contributed by atoms with Crippen molar-refractivity contribution in [3.63, 3.8) is 0 Å². The number of piperidine rings is 3. The van der Waals surface area contributed by atoms with Crippen LogP contribution in [0.4, 0.5) is 0 Å². The molecule has 7 heteroatoms. The molecule has 6 rings (SSSR count). The molecule has 2 N–H and O–H groups in total. The third-order valence-corrected chi connectivity index (χ3v) is 8.07. The Hall–Kier alpha value is -2.08. The highest BCUT2D eigenvalue weighted by molar-refractivity contribution is 6.35. The molecule has 1 aliphatic carbocycles. The van der Waals surface area contributed by atoms with Gasteiger partial charge in [0.1, 0.15) is 6.04 Å². The van der Waals surface area contributed by atoms with Crippen LogP contribution in [-0.4, -0.2) is 48.4 Å². The van der Waals surface area contributed by atoms with Gasteiger partial charge in [0.15, 0.2) is 0 Å².